The second-order valence-corrected chi connectivity index (χ2v) is 9.35. The lowest BCUT2D eigenvalue weighted by molar-refractivity contribution is -0.155. The van der Waals surface area contributed by atoms with Gasteiger partial charge in [0.1, 0.15) is 10.8 Å². The highest BCUT2D eigenvalue weighted by atomic mass is 32.1. The second kappa shape index (κ2) is 9.48. The number of carbonyl (C=O) groups excluding carboxylic acids is 3. The number of ether oxygens (including phenoxy) is 1. The lowest BCUT2D eigenvalue weighted by Crippen LogP contribution is -2.67. The van der Waals surface area contributed by atoms with E-state index in [0.29, 0.717) is 36.2 Å². The molecule has 1 saturated heterocycles. The van der Waals surface area contributed by atoms with Crippen LogP contribution in [0.2, 0.25) is 0 Å². The molecule has 0 spiro atoms. The van der Waals surface area contributed by atoms with Crippen LogP contribution in [0.25, 0.3) is 5.57 Å². The third-order valence-corrected chi connectivity index (χ3v) is 6.70. The molecule has 174 valence electrons. The van der Waals surface area contributed by atoms with Gasteiger partial charge in [-0.2, -0.15) is 0 Å². The van der Waals surface area contributed by atoms with Gasteiger partial charge in [0.2, 0.25) is 11.6 Å². The molecular formula is C23H25FN4O4S. The summed E-state index contributed by atoms with van der Waals surface area (Å²) in [5.41, 5.74) is 0.984. The van der Waals surface area contributed by atoms with E-state index in [-0.39, 0.29) is 29.4 Å². The molecule has 1 aromatic carbocycles. The summed E-state index contributed by atoms with van der Waals surface area (Å²) in [6.45, 7) is 6.85. The monoisotopic (exact) mass is 472 g/mol. The van der Waals surface area contributed by atoms with Crippen LogP contribution < -0.4 is 0 Å². The minimum absolute atomic E-state index is 0.103. The highest BCUT2D eigenvalue weighted by Gasteiger charge is 2.50. The molecule has 2 atom stereocenters. The van der Waals surface area contributed by atoms with Gasteiger partial charge < -0.3 is 14.5 Å². The summed E-state index contributed by atoms with van der Waals surface area (Å²) in [5, 5.41) is 9.22. The molecule has 2 aliphatic heterocycles. The first kappa shape index (κ1) is 23.2. The maximum absolute atomic E-state index is 13.2. The van der Waals surface area contributed by atoms with Crippen LogP contribution >= 0.6 is 11.3 Å². The van der Waals surface area contributed by atoms with Gasteiger partial charge in [-0.3, -0.25) is 14.4 Å². The van der Waals surface area contributed by atoms with E-state index in [2.05, 4.69) is 10.2 Å². The van der Waals surface area contributed by atoms with Crippen molar-refractivity contribution in [1.29, 1.82) is 0 Å². The number of hydrogen-bond acceptors (Lipinski definition) is 8. The van der Waals surface area contributed by atoms with E-state index < -0.39 is 17.6 Å². The highest BCUT2D eigenvalue weighted by Crippen LogP contribution is 2.31. The van der Waals surface area contributed by atoms with Crippen molar-refractivity contribution in [3.8, 4) is 0 Å². The first-order valence-corrected chi connectivity index (χ1v) is 11.6. The van der Waals surface area contributed by atoms with Crippen molar-refractivity contribution in [2.24, 2.45) is 0 Å². The van der Waals surface area contributed by atoms with E-state index in [4.69, 9.17) is 4.74 Å². The molecule has 0 bridgehead atoms. The minimum Gasteiger partial charge on any atom is -0.380 e. The molecule has 1 amide bonds. The second-order valence-electron chi connectivity index (χ2n) is 8.29. The number of allylic oxidation sites excluding steroid dienone is 1. The van der Waals surface area contributed by atoms with Gasteiger partial charge in [0.05, 0.1) is 18.2 Å². The first-order chi connectivity index (χ1) is 15.8. The molecule has 4 rings (SSSR count). The number of piperazine rings is 1. The Balaban J connectivity index is 1.64. The van der Waals surface area contributed by atoms with Crippen LogP contribution in [0.5, 0.6) is 0 Å². The number of benzene rings is 1. The molecule has 2 aliphatic rings. The number of halogens is 1. The maximum Gasteiger partial charge on any atom is 0.253 e. The van der Waals surface area contributed by atoms with Gasteiger partial charge in [0.15, 0.2) is 11.0 Å². The predicted molar refractivity (Wildman–Crippen MR) is 120 cm³/mol. The number of hydrogen-bond donors (Lipinski definition) is 0. The Morgan fingerprint density at radius 3 is 2.58 bits per heavy atom. The smallest absolute Gasteiger partial charge is 0.253 e. The van der Waals surface area contributed by atoms with Crippen LogP contribution in [0.3, 0.4) is 0 Å². The lowest BCUT2D eigenvalue weighted by atomic mass is 9.92. The summed E-state index contributed by atoms with van der Waals surface area (Å²) in [5.74, 6) is -2.20. The van der Waals surface area contributed by atoms with Crippen molar-refractivity contribution in [1.82, 2.24) is 20.0 Å². The Bertz CT molecular complexity index is 1100. The molecule has 3 heterocycles. The Labute approximate surface area is 195 Å². The van der Waals surface area contributed by atoms with Gasteiger partial charge in [0.25, 0.3) is 5.91 Å². The summed E-state index contributed by atoms with van der Waals surface area (Å²) >= 11 is 1.20. The van der Waals surface area contributed by atoms with Gasteiger partial charge >= 0.3 is 0 Å². The van der Waals surface area contributed by atoms with Crippen molar-refractivity contribution in [3.05, 3.63) is 51.9 Å². The first-order valence-electron chi connectivity index (χ1n) is 10.8. The fourth-order valence-electron chi connectivity index (χ4n) is 4.02. The molecule has 0 radical (unpaired) electrons. The standard InChI is InChI=1S/C23H25FN4O4S/c1-4-32-12-16-10-27(13(2)3)23(31)19-21(30)20(29)17(11-28(16)19)22-26-25-18(33-22)9-14-5-7-15(24)8-6-14/h5-8,11,13,16,19H,4,9-10,12H2,1-3H3/t16-,19?/m1/s1. The topological polar surface area (TPSA) is 92.7 Å². The third kappa shape index (κ3) is 4.58. The number of fused-ring (bicyclic) bond motifs is 1. The van der Waals surface area contributed by atoms with Crippen molar-refractivity contribution >= 4 is 34.4 Å². The highest BCUT2D eigenvalue weighted by molar-refractivity contribution is 7.13. The summed E-state index contributed by atoms with van der Waals surface area (Å²) in [6, 6.07) is 4.50. The van der Waals surface area contributed by atoms with Gasteiger partial charge in [-0.1, -0.05) is 23.5 Å². The van der Waals surface area contributed by atoms with Gasteiger partial charge in [0, 0.05) is 31.8 Å². The van der Waals surface area contributed by atoms with E-state index in [9.17, 15) is 18.8 Å². The Kier molecular flexibility index (Phi) is 6.66. The molecule has 2 aromatic rings. The number of amides is 1. The quantitative estimate of drug-likeness (QED) is 0.450. The summed E-state index contributed by atoms with van der Waals surface area (Å²) in [7, 11) is 0. The van der Waals surface area contributed by atoms with Crippen molar-refractivity contribution < 1.29 is 23.5 Å². The van der Waals surface area contributed by atoms with Crippen LogP contribution in [0.15, 0.2) is 30.5 Å². The summed E-state index contributed by atoms with van der Waals surface area (Å²) in [4.78, 5) is 42.4. The third-order valence-electron chi connectivity index (χ3n) is 5.74. The Morgan fingerprint density at radius 2 is 1.91 bits per heavy atom. The fourth-order valence-corrected chi connectivity index (χ4v) is 4.90. The van der Waals surface area contributed by atoms with Crippen molar-refractivity contribution in [2.45, 2.75) is 45.3 Å². The zero-order valence-corrected chi connectivity index (χ0v) is 19.5. The predicted octanol–water partition coefficient (Wildman–Crippen LogP) is 2.09. The van der Waals surface area contributed by atoms with Gasteiger partial charge in [-0.15, -0.1) is 10.2 Å². The number of aromatic nitrogens is 2. The summed E-state index contributed by atoms with van der Waals surface area (Å²) in [6.07, 6.45) is 1.99. The van der Waals surface area contributed by atoms with Crippen LogP contribution in [0.4, 0.5) is 4.39 Å². The largest absolute Gasteiger partial charge is 0.380 e. The van der Waals surface area contributed by atoms with Crippen molar-refractivity contribution in [2.75, 3.05) is 19.8 Å². The number of ketones is 2. The molecule has 10 heteroatoms. The summed E-state index contributed by atoms with van der Waals surface area (Å²) < 4.78 is 18.8. The molecular weight excluding hydrogens is 447 g/mol. The Hall–Kier alpha value is -2.98. The maximum atomic E-state index is 13.2. The van der Waals surface area contributed by atoms with E-state index in [0.717, 1.165) is 5.56 Å². The van der Waals surface area contributed by atoms with E-state index >= 15 is 0 Å². The van der Waals surface area contributed by atoms with Crippen LogP contribution in [0.1, 0.15) is 36.3 Å². The molecule has 1 aromatic heterocycles. The number of Topliss-reactive ketones (excluding diaryl/α,β-unsaturated/α-hetero) is 2. The average molecular weight is 473 g/mol. The lowest BCUT2D eigenvalue weighted by Gasteiger charge is -2.47. The zero-order chi connectivity index (χ0) is 23.7. The fraction of sp³-hybridized carbons (Fsp3) is 0.435. The molecule has 33 heavy (non-hydrogen) atoms. The normalized spacial score (nSPS) is 21.0. The van der Waals surface area contributed by atoms with Crippen LogP contribution in [-0.4, -0.2) is 75.4 Å². The number of rotatable bonds is 7. The van der Waals surface area contributed by atoms with Gasteiger partial charge in [-0.05, 0) is 38.5 Å². The van der Waals surface area contributed by atoms with E-state index in [1.165, 1.54) is 23.5 Å². The van der Waals surface area contributed by atoms with Crippen LogP contribution in [-0.2, 0) is 25.5 Å². The van der Waals surface area contributed by atoms with E-state index in [1.807, 2.05) is 20.8 Å². The minimum atomic E-state index is -1.19. The van der Waals surface area contributed by atoms with Crippen molar-refractivity contribution in [3.63, 3.8) is 0 Å². The average Bonchev–Trinajstić information content (AvgIpc) is 3.24. The van der Waals surface area contributed by atoms with E-state index in [1.54, 1.807) is 28.1 Å². The molecule has 0 saturated carbocycles. The van der Waals surface area contributed by atoms with Gasteiger partial charge in [-0.25, -0.2) is 4.39 Å². The molecule has 0 aliphatic carbocycles. The molecule has 8 nitrogen and oxygen atoms in total. The SMILES string of the molecule is CCOC[C@H]1CN(C(C)C)C(=O)C2C(=O)C(=O)C(c3nnc(Cc4ccc(F)cc4)s3)=CN21. The zero-order valence-electron chi connectivity index (χ0n) is 18.7. The molecule has 1 unspecified atom stereocenters. The Morgan fingerprint density at radius 1 is 1.18 bits per heavy atom. The number of carbonyl (C=O) groups is 3. The molecule has 0 N–H and O–H groups in total. The number of nitrogens with zero attached hydrogens (tertiary/aromatic N) is 4. The molecule has 1 fully saturated rings. The van der Waals surface area contributed by atoms with Crippen LogP contribution in [0, 0.1) is 5.82 Å².